The molecule has 0 fully saturated rings. The van der Waals surface area contributed by atoms with Crippen LogP contribution in [-0.4, -0.2) is 17.1 Å². The highest BCUT2D eigenvalue weighted by atomic mass is 16.5. The number of ether oxygens (including phenoxy) is 1. The summed E-state index contributed by atoms with van der Waals surface area (Å²) in [6.07, 6.45) is 3.39. The van der Waals surface area contributed by atoms with Crippen LogP contribution < -0.4 is 4.74 Å². The molecule has 3 nitrogen and oxygen atoms in total. The SMILES string of the molecule is C=Cc1ncc2cc(OC)ccc2n1. The first-order valence-electron chi connectivity index (χ1n) is 4.27. The fourth-order valence-electron chi connectivity index (χ4n) is 1.25. The van der Waals surface area contributed by atoms with E-state index < -0.39 is 0 Å². The lowest BCUT2D eigenvalue weighted by atomic mass is 10.2. The molecule has 0 unspecified atom stereocenters. The van der Waals surface area contributed by atoms with Gasteiger partial charge in [0.1, 0.15) is 5.75 Å². The van der Waals surface area contributed by atoms with Crippen molar-refractivity contribution in [2.75, 3.05) is 7.11 Å². The molecular weight excluding hydrogens is 176 g/mol. The Hall–Kier alpha value is -1.90. The van der Waals surface area contributed by atoms with Gasteiger partial charge in [-0.05, 0) is 24.3 Å². The number of hydrogen-bond donors (Lipinski definition) is 0. The van der Waals surface area contributed by atoms with E-state index in [2.05, 4.69) is 16.5 Å². The number of aromatic nitrogens is 2. The number of rotatable bonds is 2. The van der Waals surface area contributed by atoms with Gasteiger partial charge in [0, 0.05) is 11.6 Å². The van der Waals surface area contributed by atoms with Crippen molar-refractivity contribution in [2.45, 2.75) is 0 Å². The van der Waals surface area contributed by atoms with Crippen LogP contribution >= 0.6 is 0 Å². The molecule has 3 heteroatoms. The van der Waals surface area contributed by atoms with Crippen molar-refractivity contribution in [2.24, 2.45) is 0 Å². The summed E-state index contributed by atoms with van der Waals surface area (Å²) in [5.41, 5.74) is 0.899. The summed E-state index contributed by atoms with van der Waals surface area (Å²) in [6.45, 7) is 3.62. The smallest absolute Gasteiger partial charge is 0.151 e. The Balaban J connectivity index is 2.63. The molecule has 0 aliphatic heterocycles. The maximum Gasteiger partial charge on any atom is 0.151 e. The van der Waals surface area contributed by atoms with Crippen LogP contribution in [0.25, 0.3) is 17.0 Å². The summed E-state index contributed by atoms with van der Waals surface area (Å²) in [5.74, 6) is 1.45. The average Bonchev–Trinajstić information content (AvgIpc) is 2.27. The maximum atomic E-state index is 5.10. The Bertz CT molecular complexity index is 480. The number of fused-ring (bicyclic) bond motifs is 1. The van der Waals surface area contributed by atoms with E-state index in [0.29, 0.717) is 5.82 Å². The molecule has 1 aromatic carbocycles. The van der Waals surface area contributed by atoms with Crippen molar-refractivity contribution in [3.05, 3.63) is 36.8 Å². The summed E-state index contributed by atoms with van der Waals surface area (Å²) < 4.78 is 5.10. The largest absolute Gasteiger partial charge is 0.497 e. The van der Waals surface area contributed by atoms with E-state index in [1.54, 1.807) is 19.4 Å². The van der Waals surface area contributed by atoms with Gasteiger partial charge in [-0.3, -0.25) is 0 Å². The van der Waals surface area contributed by atoms with Crippen LogP contribution in [-0.2, 0) is 0 Å². The molecule has 0 N–H and O–H groups in total. The molecule has 0 amide bonds. The molecule has 14 heavy (non-hydrogen) atoms. The lowest BCUT2D eigenvalue weighted by molar-refractivity contribution is 0.415. The Labute approximate surface area is 82.1 Å². The van der Waals surface area contributed by atoms with Crippen LogP contribution in [0.15, 0.2) is 31.0 Å². The molecule has 0 saturated carbocycles. The van der Waals surface area contributed by atoms with E-state index in [1.165, 1.54) is 0 Å². The van der Waals surface area contributed by atoms with Gasteiger partial charge in [-0.15, -0.1) is 0 Å². The van der Waals surface area contributed by atoms with E-state index in [1.807, 2.05) is 18.2 Å². The van der Waals surface area contributed by atoms with Crippen LogP contribution in [0.4, 0.5) is 0 Å². The number of nitrogens with zero attached hydrogens (tertiary/aromatic N) is 2. The summed E-state index contributed by atoms with van der Waals surface area (Å²) in [6, 6.07) is 5.69. The third-order valence-electron chi connectivity index (χ3n) is 1.99. The normalized spacial score (nSPS) is 10.1. The van der Waals surface area contributed by atoms with Crippen molar-refractivity contribution in [3.63, 3.8) is 0 Å². The number of benzene rings is 1. The van der Waals surface area contributed by atoms with Crippen LogP contribution in [0.5, 0.6) is 5.75 Å². The van der Waals surface area contributed by atoms with E-state index in [4.69, 9.17) is 4.74 Å². The summed E-state index contributed by atoms with van der Waals surface area (Å²) in [4.78, 5) is 8.40. The first kappa shape index (κ1) is 8.69. The van der Waals surface area contributed by atoms with Gasteiger partial charge in [0.25, 0.3) is 0 Å². The Morgan fingerprint density at radius 3 is 3.00 bits per heavy atom. The third-order valence-corrected chi connectivity index (χ3v) is 1.99. The monoisotopic (exact) mass is 186 g/mol. The summed E-state index contributed by atoms with van der Waals surface area (Å²) >= 11 is 0. The predicted octanol–water partition coefficient (Wildman–Crippen LogP) is 2.28. The standard InChI is InChI=1S/C11H10N2O/c1-3-11-12-7-8-6-9(14-2)4-5-10(8)13-11/h3-7H,1H2,2H3. The van der Waals surface area contributed by atoms with Crippen molar-refractivity contribution >= 4 is 17.0 Å². The lowest BCUT2D eigenvalue weighted by Gasteiger charge is -2.01. The highest BCUT2D eigenvalue weighted by Gasteiger charge is 1.98. The van der Waals surface area contributed by atoms with Crippen LogP contribution in [0.2, 0.25) is 0 Å². The molecular formula is C11H10N2O. The molecule has 2 aromatic rings. The van der Waals surface area contributed by atoms with Crippen molar-refractivity contribution in [1.82, 2.24) is 9.97 Å². The van der Waals surface area contributed by atoms with Gasteiger partial charge in [0.15, 0.2) is 5.82 Å². The average molecular weight is 186 g/mol. The quantitative estimate of drug-likeness (QED) is 0.721. The molecule has 0 aliphatic rings. The van der Waals surface area contributed by atoms with Crippen LogP contribution in [0.3, 0.4) is 0 Å². The predicted molar refractivity (Wildman–Crippen MR) is 56.2 cm³/mol. The summed E-state index contributed by atoms with van der Waals surface area (Å²) in [7, 11) is 1.64. The zero-order chi connectivity index (χ0) is 9.97. The van der Waals surface area contributed by atoms with E-state index in [0.717, 1.165) is 16.7 Å². The van der Waals surface area contributed by atoms with Crippen molar-refractivity contribution in [1.29, 1.82) is 0 Å². The highest BCUT2D eigenvalue weighted by Crippen LogP contribution is 2.18. The Morgan fingerprint density at radius 2 is 2.29 bits per heavy atom. The fourth-order valence-corrected chi connectivity index (χ4v) is 1.25. The lowest BCUT2D eigenvalue weighted by Crippen LogP contribution is -1.89. The first-order valence-corrected chi connectivity index (χ1v) is 4.27. The molecule has 0 saturated heterocycles. The van der Waals surface area contributed by atoms with Gasteiger partial charge in [0.2, 0.25) is 0 Å². The molecule has 0 bridgehead atoms. The third kappa shape index (κ3) is 1.44. The molecule has 2 rings (SSSR count). The number of methoxy groups -OCH3 is 1. The van der Waals surface area contributed by atoms with Gasteiger partial charge in [0.05, 0.1) is 12.6 Å². The first-order chi connectivity index (χ1) is 6.83. The Morgan fingerprint density at radius 1 is 1.43 bits per heavy atom. The van der Waals surface area contributed by atoms with Gasteiger partial charge in [-0.1, -0.05) is 6.58 Å². The second-order valence-electron chi connectivity index (χ2n) is 2.86. The van der Waals surface area contributed by atoms with Crippen LogP contribution in [0.1, 0.15) is 5.82 Å². The zero-order valence-corrected chi connectivity index (χ0v) is 7.90. The molecule has 1 heterocycles. The van der Waals surface area contributed by atoms with E-state index >= 15 is 0 Å². The molecule has 0 radical (unpaired) electrons. The second kappa shape index (κ2) is 3.46. The van der Waals surface area contributed by atoms with Gasteiger partial charge in [-0.25, -0.2) is 9.97 Å². The molecule has 0 aliphatic carbocycles. The van der Waals surface area contributed by atoms with Crippen molar-refractivity contribution in [3.8, 4) is 5.75 Å². The minimum atomic E-state index is 0.641. The minimum absolute atomic E-state index is 0.641. The molecule has 0 atom stereocenters. The van der Waals surface area contributed by atoms with E-state index in [9.17, 15) is 0 Å². The topological polar surface area (TPSA) is 35.0 Å². The number of hydrogen-bond acceptors (Lipinski definition) is 3. The van der Waals surface area contributed by atoms with Gasteiger partial charge in [-0.2, -0.15) is 0 Å². The zero-order valence-electron chi connectivity index (χ0n) is 7.90. The second-order valence-corrected chi connectivity index (χ2v) is 2.86. The van der Waals surface area contributed by atoms with Crippen LogP contribution in [0, 0.1) is 0 Å². The Kier molecular flexibility index (Phi) is 2.14. The fraction of sp³-hybridized carbons (Fsp3) is 0.0909. The summed E-state index contributed by atoms with van der Waals surface area (Å²) in [5, 5.41) is 0.968. The highest BCUT2D eigenvalue weighted by molar-refractivity contribution is 5.79. The molecule has 70 valence electrons. The van der Waals surface area contributed by atoms with Gasteiger partial charge < -0.3 is 4.74 Å². The molecule has 0 spiro atoms. The molecule has 1 aromatic heterocycles. The van der Waals surface area contributed by atoms with Gasteiger partial charge >= 0.3 is 0 Å². The maximum absolute atomic E-state index is 5.10. The van der Waals surface area contributed by atoms with E-state index in [-0.39, 0.29) is 0 Å². The minimum Gasteiger partial charge on any atom is -0.497 e. The van der Waals surface area contributed by atoms with Crippen molar-refractivity contribution < 1.29 is 4.74 Å².